The molecule has 3 heterocycles. The van der Waals surface area contributed by atoms with Crippen LogP contribution in [0.4, 0.5) is 0 Å². The summed E-state index contributed by atoms with van der Waals surface area (Å²) >= 11 is 0. The summed E-state index contributed by atoms with van der Waals surface area (Å²) in [7, 11) is 0. The Balaban J connectivity index is 1.32. The van der Waals surface area contributed by atoms with Gasteiger partial charge in [0.25, 0.3) is 0 Å². The van der Waals surface area contributed by atoms with E-state index in [2.05, 4.69) is 31.9 Å². The molecule has 1 saturated carbocycles. The predicted molar refractivity (Wildman–Crippen MR) is 88.6 cm³/mol. The van der Waals surface area contributed by atoms with Crippen LogP contribution in [-0.2, 0) is 19.4 Å². The molecule has 1 atom stereocenters. The van der Waals surface area contributed by atoms with Gasteiger partial charge in [0.2, 0.25) is 0 Å². The highest BCUT2D eigenvalue weighted by molar-refractivity contribution is 5.21. The van der Waals surface area contributed by atoms with Crippen molar-refractivity contribution in [1.82, 2.24) is 34.7 Å². The third-order valence-corrected chi connectivity index (χ3v) is 5.78. The average Bonchev–Trinajstić information content (AvgIpc) is 3.01. The molecule has 7 nitrogen and oxygen atoms in total. The first-order valence-corrected chi connectivity index (χ1v) is 9.35. The molecule has 2 aromatic rings. The number of fused-ring (bicyclic) bond motifs is 1. The highest BCUT2D eigenvalue weighted by atomic mass is 15.6. The summed E-state index contributed by atoms with van der Waals surface area (Å²) in [6.45, 7) is 5.25. The fourth-order valence-corrected chi connectivity index (χ4v) is 4.47. The Labute approximate surface area is 142 Å². The standard InChI is InChI=1S/C17H25N7/c1-12-18-15-4-2-3-5-16(15)23(12)14-8-9-22(10-14)11-17-19-20-21-24(17)13-6-7-13/h13-14H,2-11H2,1H3/t14-/m0/s1. The summed E-state index contributed by atoms with van der Waals surface area (Å²) in [5.74, 6) is 2.24. The SMILES string of the molecule is Cc1nc2c(n1[C@H]1CCN(Cc3nnnn3C3CC3)C1)CCCC2. The summed E-state index contributed by atoms with van der Waals surface area (Å²) in [6, 6.07) is 1.11. The Kier molecular flexibility index (Phi) is 3.43. The maximum Gasteiger partial charge on any atom is 0.165 e. The van der Waals surface area contributed by atoms with Gasteiger partial charge in [0.15, 0.2) is 5.82 Å². The minimum absolute atomic E-state index is 0.552. The van der Waals surface area contributed by atoms with Crippen LogP contribution in [0.2, 0.25) is 0 Å². The molecular formula is C17H25N7. The molecule has 0 N–H and O–H groups in total. The van der Waals surface area contributed by atoms with E-state index in [0.717, 1.165) is 31.9 Å². The van der Waals surface area contributed by atoms with Crippen molar-refractivity contribution >= 4 is 0 Å². The van der Waals surface area contributed by atoms with Crippen molar-refractivity contribution in [2.24, 2.45) is 0 Å². The third-order valence-electron chi connectivity index (χ3n) is 5.78. The van der Waals surface area contributed by atoms with E-state index < -0.39 is 0 Å². The van der Waals surface area contributed by atoms with Gasteiger partial charge in [-0.2, -0.15) is 0 Å². The maximum absolute atomic E-state index is 4.85. The first-order valence-electron chi connectivity index (χ1n) is 9.35. The molecule has 24 heavy (non-hydrogen) atoms. The Morgan fingerprint density at radius 2 is 1.96 bits per heavy atom. The Hall–Kier alpha value is -1.76. The Bertz CT molecular complexity index is 742. The predicted octanol–water partition coefficient (Wildman–Crippen LogP) is 1.84. The van der Waals surface area contributed by atoms with Crippen molar-refractivity contribution < 1.29 is 0 Å². The normalized spacial score (nSPS) is 24.5. The zero-order chi connectivity index (χ0) is 16.1. The van der Waals surface area contributed by atoms with Crippen molar-refractivity contribution in [2.75, 3.05) is 13.1 Å². The first kappa shape index (κ1) is 14.6. The maximum atomic E-state index is 4.85. The smallest absolute Gasteiger partial charge is 0.165 e. The van der Waals surface area contributed by atoms with Gasteiger partial charge in [-0.3, -0.25) is 4.90 Å². The Morgan fingerprint density at radius 3 is 2.83 bits per heavy atom. The van der Waals surface area contributed by atoms with E-state index >= 15 is 0 Å². The number of aryl methyl sites for hydroxylation is 2. The number of nitrogens with zero attached hydrogens (tertiary/aromatic N) is 7. The number of imidazole rings is 1. The number of tetrazole rings is 1. The van der Waals surface area contributed by atoms with Gasteiger partial charge in [0.05, 0.1) is 18.3 Å². The molecule has 0 amide bonds. The summed E-state index contributed by atoms with van der Waals surface area (Å²) in [5.41, 5.74) is 2.86. The van der Waals surface area contributed by atoms with Gasteiger partial charge in [0, 0.05) is 24.8 Å². The van der Waals surface area contributed by atoms with Crippen molar-refractivity contribution in [1.29, 1.82) is 0 Å². The van der Waals surface area contributed by atoms with E-state index in [-0.39, 0.29) is 0 Å². The number of hydrogen-bond acceptors (Lipinski definition) is 5. The van der Waals surface area contributed by atoms with Crippen LogP contribution in [-0.4, -0.2) is 47.7 Å². The molecule has 1 aliphatic heterocycles. The van der Waals surface area contributed by atoms with Crippen LogP contribution in [0, 0.1) is 6.92 Å². The summed E-state index contributed by atoms with van der Waals surface area (Å²) in [4.78, 5) is 7.35. The molecule has 128 valence electrons. The van der Waals surface area contributed by atoms with Gasteiger partial charge in [-0.15, -0.1) is 5.10 Å². The monoisotopic (exact) mass is 327 g/mol. The van der Waals surface area contributed by atoms with Gasteiger partial charge < -0.3 is 4.57 Å². The Morgan fingerprint density at radius 1 is 1.08 bits per heavy atom. The molecule has 2 aromatic heterocycles. The van der Waals surface area contributed by atoms with E-state index in [4.69, 9.17) is 4.98 Å². The van der Waals surface area contributed by atoms with Gasteiger partial charge in [-0.05, 0) is 62.3 Å². The van der Waals surface area contributed by atoms with Crippen molar-refractivity contribution in [3.05, 3.63) is 23.0 Å². The second-order valence-electron chi connectivity index (χ2n) is 7.58. The zero-order valence-electron chi connectivity index (χ0n) is 14.4. The number of likely N-dealkylation sites (tertiary alicyclic amines) is 1. The zero-order valence-corrected chi connectivity index (χ0v) is 14.4. The molecule has 0 aromatic carbocycles. The summed E-state index contributed by atoms with van der Waals surface area (Å²) in [5, 5.41) is 12.3. The quantitative estimate of drug-likeness (QED) is 0.857. The molecule has 5 rings (SSSR count). The number of aromatic nitrogens is 6. The topological polar surface area (TPSA) is 64.7 Å². The lowest BCUT2D eigenvalue weighted by molar-refractivity contribution is 0.298. The molecule has 3 aliphatic rings. The molecular weight excluding hydrogens is 302 g/mol. The lowest BCUT2D eigenvalue weighted by Crippen LogP contribution is -2.24. The van der Waals surface area contributed by atoms with E-state index in [1.807, 2.05) is 4.68 Å². The molecule has 0 bridgehead atoms. The van der Waals surface area contributed by atoms with E-state index in [0.29, 0.717) is 12.1 Å². The lowest BCUT2D eigenvalue weighted by Gasteiger charge is -2.21. The van der Waals surface area contributed by atoms with E-state index in [9.17, 15) is 0 Å². The number of hydrogen-bond donors (Lipinski definition) is 0. The second kappa shape index (κ2) is 5.65. The van der Waals surface area contributed by atoms with Crippen molar-refractivity contribution in [3.63, 3.8) is 0 Å². The molecule has 0 spiro atoms. The van der Waals surface area contributed by atoms with Crippen molar-refractivity contribution in [2.45, 2.75) is 70.5 Å². The highest BCUT2D eigenvalue weighted by Gasteiger charge is 2.32. The van der Waals surface area contributed by atoms with Crippen LogP contribution in [0.5, 0.6) is 0 Å². The third kappa shape index (κ3) is 2.46. The molecule has 2 fully saturated rings. The second-order valence-corrected chi connectivity index (χ2v) is 7.58. The van der Waals surface area contributed by atoms with E-state index in [1.54, 1.807) is 0 Å². The van der Waals surface area contributed by atoms with Gasteiger partial charge in [-0.1, -0.05) is 0 Å². The lowest BCUT2D eigenvalue weighted by atomic mass is 10.0. The minimum Gasteiger partial charge on any atom is -0.328 e. The summed E-state index contributed by atoms with van der Waals surface area (Å²) in [6.07, 6.45) is 8.62. The van der Waals surface area contributed by atoms with Crippen LogP contribution < -0.4 is 0 Å². The highest BCUT2D eigenvalue weighted by Crippen LogP contribution is 2.35. The molecule has 1 saturated heterocycles. The van der Waals surface area contributed by atoms with Crippen LogP contribution >= 0.6 is 0 Å². The molecule has 0 radical (unpaired) electrons. The average molecular weight is 327 g/mol. The largest absolute Gasteiger partial charge is 0.328 e. The van der Waals surface area contributed by atoms with Gasteiger partial charge in [-0.25, -0.2) is 9.67 Å². The molecule has 7 heteroatoms. The fourth-order valence-electron chi connectivity index (χ4n) is 4.47. The van der Waals surface area contributed by atoms with Crippen LogP contribution in [0.25, 0.3) is 0 Å². The van der Waals surface area contributed by atoms with Crippen LogP contribution in [0.1, 0.15) is 67.2 Å². The fraction of sp³-hybridized carbons (Fsp3) is 0.765. The van der Waals surface area contributed by atoms with Gasteiger partial charge >= 0.3 is 0 Å². The van der Waals surface area contributed by atoms with Crippen LogP contribution in [0.3, 0.4) is 0 Å². The molecule has 2 aliphatic carbocycles. The van der Waals surface area contributed by atoms with Gasteiger partial charge in [0.1, 0.15) is 5.82 Å². The summed E-state index contributed by atoms with van der Waals surface area (Å²) < 4.78 is 4.58. The number of rotatable bonds is 4. The first-order chi connectivity index (χ1) is 11.8. The van der Waals surface area contributed by atoms with Crippen molar-refractivity contribution in [3.8, 4) is 0 Å². The minimum atomic E-state index is 0.552. The van der Waals surface area contributed by atoms with Crippen LogP contribution in [0.15, 0.2) is 0 Å². The molecule has 0 unspecified atom stereocenters. The van der Waals surface area contributed by atoms with E-state index in [1.165, 1.54) is 55.7 Å².